The van der Waals surface area contributed by atoms with E-state index in [4.69, 9.17) is 11.0 Å². The molecule has 16 heavy (non-hydrogen) atoms. The number of nitrogens with zero attached hydrogens (tertiary/aromatic N) is 2. The van der Waals surface area contributed by atoms with Gasteiger partial charge in [0, 0.05) is 18.8 Å². The number of nitriles is 1. The van der Waals surface area contributed by atoms with E-state index in [1.54, 1.807) is 6.07 Å². The molecule has 0 spiro atoms. The lowest BCUT2D eigenvalue weighted by Gasteiger charge is -2.28. The molecule has 0 saturated carbocycles. The fourth-order valence-electron chi connectivity index (χ4n) is 1.93. The molecule has 1 aliphatic rings. The molecule has 0 radical (unpaired) electrons. The first-order chi connectivity index (χ1) is 7.79. The zero-order valence-corrected chi connectivity index (χ0v) is 9.24. The van der Waals surface area contributed by atoms with Gasteiger partial charge in [-0.1, -0.05) is 6.42 Å². The predicted molar refractivity (Wildman–Crippen MR) is 64.6 cm³/mol. The summed E-state index contributed by atoms with van der Waals surface area (Å²) in [6.45, 7) is 2.07. The molecular weight excluding hydrogens is 200 g/mol. The van der Waals surface area contributed by atoms with Gasteiger partial charge >= 0.3 is 0 Å². The molecular formula is C12H16N4. The van der Waals surface area contributed by atoms with Crippen LogP contribution in [0.3, 0.4) is 0 Å². The van der Waals surface area contributed by atoms with Crippen LogP contribution < -0.4 is 11.2 Å². The van der Waals surface area contributed by atoms with Crippen LogP contribution in [0.2, 0.25) is 0 Å². The van der Waals surface area contributed by atoms with E-state index in [1.807, 2.05) is 12.1 Å². The average molecular weight is 216 g/mol. The highest BCUT2D eigenvalue weighted by molar-refractivity contribution is 5.62. The van der Waals surface area contributed by atoms with Crippen molar-refractivity contribution in [1.82, 2.24) is 5.01 Å². The van der Waals surface area contributed by atoms with Crippen molar-refractivity contribution < 1.29 is 0 Å². The van der Waals surface area contributed by atoms with Crippen molar-refractivity contribution in [3.05, 3.63) is 23.8 Å². The fraction of sp³-hybridized carbons (Fsp3) is 0.417. The van der Waals surface area contributed by atoms with Gasteiger partial charge in [-0.25, -0.2) is 5.01 Å². The number of hydrazine groups is 1. The van der Waals surface area contributed by atoms with Crippen molar-refractivity contribution in [2.75, 3.05) is 24.2 Å². The smallest absolute Gasteiger partial charge is 0.101 e. The summed E-state index contributed by atoms with van der Waals surface area (Å²) in [5.74, 6) is 0. The minimum Gasteiger partial charge on any atom is -0.399 e. The van der Waals surface area contributed by atoms with Crippen molar-refractivity contribution in [1.29, 1.82) is 5.26 Å². The highest BCUT2D eigenvalue weighted by atomic mass is 15.5. The van der Waals surface area contributed by atoms with Gasteiger partial charge in [-0.3, -0.25) is 0 Å². The van der Waals surface area contributed by atoms with Crippen LogP contribution in [0.5, 0.6) is 0 Å². The Morgan fingerprint density at radius 1 is 1.25 bits per heavy atom. The molecule has 0 aromatic heterocycles. The number of hydrogen-bond donors (Lipinski definition) is 2. The first kappa shape index (κ1) is 10.8. The number of piperidine rings is 1. The Morgan fingerprint density at radius 3 is 2.69 bits per heavy atom. The van der Waals surface area contributed by atoms with Crippen LogP contribution in [-0.4, -0.2) is 18.1 Å². The first-order valence-corrected chi connectivity index (χ1v) is 5.61. The molecule has 0 atom stereocenters. The van der Waals surface area contributed by atoms with Gasteiger partial charge in [-0.05, 0) is 31.0 Å². The predicted octanol–water partition coefficient (Wildman–Crippen LogP) is 1.95. The van der Waals surface area contributed by atoms with E-state index in [1.165, 1.54) is 19.3 Å². The fourth-order valence-corrected chi connectivity index (χ4v) is 1.93. The van der Waals surface area contributed by atoms with Crippen LogP contribution in [0, 0.1) is 11.3 Å². The molecule has 3 N–H and O–H groups in total. The van der Waals surface area contributed by atoms with Crippen molar-refractivity contribution in [3.63, 3.8) is 0 Å². The van der Waals surface area contributed by atoms with Gasteiger partial charge in [0.2, 0.25) is 0 Å². The maximum absolute atomic E-state index is 9.01. The SMILES string of the molecule is N#Cc1cc(N)ccc1NN1CCCCC1. The van der Waals surface area contributed by atoms with E-state index in [9.17, 15) is 0 Å². The van der Waals surface area contributed by atoms with E-state index in [0.29, 0.717) is 11.3 Å². The molecule has 84 valence electrons. The van der Waals surface area contributed by atoms with Crippen molar-refractivity contribution in [2.24, 2.45) is 0 Å². The Kier molecular flexibility index (Phi) is 3.28. The Bertz CT molecular complexity index is 402. The Hall–Kier alpha value is -1.73. The summed E-state index contributed by atoms with van der Waals surface area (Å²) in [4.78, 5) is 0. The molecule has 1 aromatic carbocycles. The number of rotatable bonds is 2. The van der Waals surface area contributed by atoms with Crippen LogP contribution >= 0.6 is 0 Å². The minimum absolute atomic E-state index is 0.602. The van der Waals surface area contributed by atoms with Crippen molar-refractivity contribution in [3.8, 4) is 6.07 Å². The number of anilines is 2. The van der Waals surface area contributed by atoms with Gasteiger partial charge in [-0.2, -0.15) is 5.26 Å². The third-order valence-electron chi connectivity index (χ3n) is 2.80. The summed E-state index contributed by atoms with van der Waals surface area (Å²) < 4.78 is 0. The van der Waals surface area contributed by atoms with Gasteiger partial charge in [0.1, 0.15) is 6.07 Å². The zero-order valence-electron chi connectivity index (χ0n) is 9.24. The van der Waals surface area contributed by atoms with Crippen LogP contribution in [0.25, 0.3) is 0 Å². The molecule has 0 amide bonds. The summed E-state index contributed by atoms with van der Waals surface area (Å²) in [7, 11) is 0. The zero-order chi connectivity index (χ0) is 11.4. The molecule has 4 nitrogen and oxygen atoms in total. The monoisotopic (exact) mass is 216 g/mol. The second kappa shape index (κ2) is 4.86. The summed E-state index contributed by atoms with van der Waals surface area (Å²) in [6, 6.07) is 7.53. The molecule has 2 rings (SSSR count). The summed E-state index contributed by atoms with van der Waals surface area (Å²) in [5, 5.41) is 11.2. The molecule has 0 aliphatic carbocycles. The number of nitrogens with one attached hydrogen (secondary N) is 1. The average Bonchev–Trinajstić information content (AvgIpc) is 2.33. The Balaban J connectivity index is 2.11. The van der Waals surface area contributed by atoms with E-state index in [2.05, 4.69) is 16.5 Å². The van der Waals surface area contributed by atoms with Crippen LogP contribution in [-0.2, 0) is 0 Å². The highest BCUT2D eigenvalue weighted by Crippen LogP contribution is 2.20. The van der Waals surface area contributed by atoms with Gasteiger partial charge in [0.25, 0.3) is 0 Å². The second-order valence-corrected chi connectivity index (χ2v) is 4.08. The first-order valence-electron chi connectivity index (χ1n) is 5.61. The van der Waals surface area contributed by atoms with Crippen LogP contribution in [0.4, 0.5) is 11.4 Å². The Labute approximate surface area is 95.6 Å². The molecule has 0 unspecified atom stereocenters. The third kappa shape index (κ3) is 2.44. The number of nitrogen functional groups attached to an aromatic ring is 1. The van der Waals surface area contributed by atoms with Crippen LogP contribution in [0.1, 0.15) is 24.8 Å². The molecule has 4 heteroatoms. The van der Waals surface area contributed by atoms with Gasteiger partial charge < -0.3 is 11.2 Å². The molecule has 0 bridgehead atoms. The number of hydrogen-bond acceptors (Lipinski definition) is 4. The molecule has 1 aromatic rings. The highest BCUT2D eigenvalue weighted by Gasteiger charge is 2.11. The van der Waals surface area contributed by atoms with E-state index >= 15 is 0 Å². The summed E-state index contributed by atoms with van der Waals surface area (Å²) >= 11 is 0. The standard InChI is InChI=1S/C12H16N4/c13-9-10-8-11(14)4-5-12(10)15-16-6-2-1-3-7-16/h4-5,8,15H,1-3,6-7,14H2. The lowest BCUT2D eigenvalue weighted by molar-refractivity contribution is 0.273. The topological polar surface area (TPSA) is 65.1 Å². The maximum atomic E-state index is 9.01. The maximum Gasteiger partial charge on any atom is 0.101 e. The third-order valence-corrected chi connectivity index (χ3v) is 2.80. The van der Waals surface area contributed by atoms with E-state index in [0.717, 1.165) is 18.8 Å². The van der Waals surface area contributed by atoms with Gasteiger partial charge in [-0.15, -0.1) is 0 Å². The summed E-state index contributed by atoms with van der Waals surface area (Å²) in [5.41, 5.74) is 11.0. The quantitative estimate of drug-likeness (QED) is 0.742. The van der Waals surface area contributed by atoms with Crippen molar-refractivity contribution in [2.45, 2.75) is 19.3 Å². The van der Waals surface area contributed by atoms with E-state index in [-0.39, 0.29) is 0 Å². The molecule has 1 fully saturated rings. The van der Waals surface area contributed by atoms with Crippen LogP contribution in [0.15, 0.2) is 18.2 Å². The molecule has 1 saturated heterocycles. The summed E-state index contributed by atoms with van der Waals surface area (Å²) in [6.07, 6.45) is 3.72. The number of nitrogens with two attached hydrogens (primary N) is 1. The second-order valence-electron chi connectivity index (χ2n) is 4.08. The largest absolute Gasteiger partial charge is 0.399 e. The molecule has 1 aliphatic heterocycles. The Morgan fingerprint density at radius 2 is 2.00 bits per heavy atom. The normalized spacial score (nSPS) is 16.7. The van der Waals surface area contributed by atoms with Crippen molar-refractivity contribution >= 4 is 11.4 Å². The van der Waals surface area contributed by atoms with Gasteiger partial charge in [0.05, 0.1) is 11.3 Å². The molecule has 1 heterocycles. The van der Waals surface area contributed by atoms with Gasteiger partial charge in [0.15, 0.2) is 0 Å². The lowest BCUT2D eigenvalue weighted by atomic mass is 10.1. The van der Waals surface area contributed by atoms with E-state index < -0.39 is 0 Å². The minimum atomic E-state index is 0.602. The number of benzene rings is 1. The lowest BCUT2D eigenvalue weighted by Crippen LogP contribution is -2.35.